The van der Waals surface area contributed by atoms with Crippen LogP contribution in [0.25, 0.3) is 11.0 Å². The lowest BCUT2D eigenvalue weighted by atomic mass is 9.84. The van der Waals surface area contributed by atoms with E-state index in [9.17, 15) is 18.8 Å². The molecule has 7 nitrogen and oxygen atoms in total. The minimum atomic E-state index is -1.74. The van der Waals surface area contributed by atoms with Gasteiger partial charge in [-0.1, -0.05) is 48.0 Å². The van der Waals surface area contributed by atoms with Crippen molar-refractivity contribution < 1.29 is 23.1 Å². The second-order valence-electron chi connectivity index (χ2n) is 10.6. The molecule has 3 heterocycles. The van der Waals surface area contributed by atoms with Gasteiger partial charge in [0.1, 0.15) is 11.4 Å². The maximum atomic E-state index is 14.7. The highest BCUT2D eigenvalue weighted by Gasteiger charge is 2.64. The van der Waals surface area contributed by atoms with E-state index in [4.69, 9.17) is 9.15 Å². The first-order chi connectivity index (χ1) is 19.2. The summed E-state index contributed by atoms with van der Waals surface area (Å²) in [5.41, 5.74) is 0.781. The van der Waals surface area contributed by atoms with Crippen molar-refractivity contribution in [2.24, 2.45) is 0 Å². The van der Waals surface area contributed by atoms with Crippen molar-refractivity contribution in [3.63, 3.8) is 0 Å². The highest BCUT2D eigenvalue weighted by atomic mass is 19.1. The summed E-state index contributed by atoms with van der Waals surface area (Å²) < 4.78 is 26.0. The summed E-state index contributed by atoms with van der Waals surface area (Å²) in [5.74, 6) is -1.77. The number of ether oxygens (including phenoxy) is 1. The van der Waals surface area contributed by atoms with E-state index in [1.54, 1.807) is 17.0 Å². The van der Waals surface area contributed by atoms with Crippen LogP contribution in [0.15, 0.2) is 75.9 Å². The van der Waals surface area contributed by atoms with E-state index in [2.05, 4.69) is 0 Å². The number of carbonyl (C=O) groups excluding carboxylic acids is 2. The molecule has 1 unspecified atom stereocenters. The molecule has 3 aromatic carbocycles. The van der Waals surface area contributed by atoms with Crippen LogP contribution in [-0.4, -0.2) is 36.0 Å². The molecular weight excluding hydrogens is 511 g/mol. The summed E-state index contributed by atoms with van der Waals surface area (Å²) >= 11 is 0. The van der Waals surface area contributed by atoms with Gasteiger partial charge in [-0.3, -0.25) is 14.4 Å². The SMILES string of the molecule is Cc1cccc(CN2C(=O)C3(c4ccccc42)c2c(oc4ccc(F)cc4c2=O)C(=O)N3CCCOC(C)C)c1. The van der Waals surface area contributed by atoms with E-state index in [1.165, 1.54) is 17.0 Å². The number of carbonyl (C=O) groups is 2. The van der Waals surface area contributed by atoms with Crippen LogP contribution in [0.5, 0.6) is 0 Å². The summed E-state index contributed by atoms with van der Waals surface area (Å²) in [6, 6.07) is 18.7. The number of fused-ring (bicyclic) bond motifs is 5. The van der Waals surface area contributed by atoms with Crippen molar-refractivity contribution in [1.29, 1.82) is 0 Å². The summed E-state index contributed by atoms with van der Waals surface area (Å²) in [7, 11) is 0. The zero-order valence-corrected chi connectivity index (χ0v) is 22.6. The third-order valence-electron chi connectivity index (χ3n) is 7.60. The fourth-order valence-electron chi connectivity index (χ4n) is 5.95. The summed E-state index contributed by atoms with van der Waals surface area (Å²) in [5, 5.41) is -0.0154. The molecule has 0 bridgehead atoms. The largest absolute Gasteiger partial charge is 0.450 e. The summed E-state index contributed by atoms with van der Waals surface area (Å²) in [4.78, 5) is 45.9. The highest BCUT2D eigenvalue weighted by molar-refractivity contribution is 6.17. The molecule has 2 aliphatic rings. The van der Waals surface area contributed by atoms with Crippen LogP contribution in [0.4, 0.5) is 10.1 Å². The third-order valence-corrected chi connectivity index (χ3v) is 7.60. The predicted molar refractivity (Wildman–Crippen MR) is 149 cm³/mol. The number of rotatable bonds is 7. The quantitative estimate of drug-likeness (QED) is 0.297. The van der Waals surface area contributed by atoms with Crippen LogP contribution in [0.1, 0.15) is 53.1 Å². The third kappa shape index (κ3) is 3.85. The number of benzene rings is 3. The van der Waals surface area contributed by atoms with Gasteiger partial charge in [0.2, 0.25) is 5.76 Å². The van der Waals surface area contributed by atoms with Gasteiger partial charge < -0.3 is 19.0 Å². The molecular formula is C32H29FN2O5. The number of amides is 2. The average Bonchev–Trinajstić information content (AvgIpc) is 3.31. The van der Waals surface area contributed by atoms with Gasteiger partial charge in [0.05, 0.1) is 29.3 Å². The molecule has 0 aliphatic carbocycles. The van der Waals surface area contributed by atoms with Crippen LogP contribution in [0.3, 0.4) is 0 Å². The number of hydrogen-bond acceptors (Lipinski definition) is 5. The van der Waals surface area contributed by atoms with E-state index < -0.39 is 28.6 Å². The summed E-state index contributed by atoms with van der Waals surface area (Å²) in [6.07, 6.45) is 0.442. The summed E-state index contributed by atoms with van der Waals surface area (Å²) in [6.45, 7) is 6.59. The van der Waals surface area contributed by atoms with E-state index >= 15 is 0 Å². The van der Waals surface area contributed by atoms with Gasteiger partial charge >= 0.3 is 0 Å². The fraction of sp³-hybridized carbons (Fsp3) is 0.281. The van der Waals surface area contributed by atoms with Gasteiger partial charge in [-0.25, -0.2) is 4.39 Å². The molecule has 2 amide bonds. The van der Waals surface area contributed by atoms with Crippen LogP contribution < -0.4 is 10.3 Å². The Morgan fingerprint density at radius 2 is 1.80 bits per heavy atom. The molecule has 0 radical (unpaired) electrons. The standard InChI is InChI=1S/C32H29FN2O5/c1-19(2)39-15-7-14-35-30(37)29-27(28(36)23-17-22(33)12-13-26(23)40-29)32(35)24-10-4-5-11-25(24)34(31(32)38)18-21-9-6-8-20(3)16-21/h4-6,8-13,16-17,19H,7,14-15,18H2,1-3H3. The minimum absolute atomic E-state index is 0.00235. The lowest BCUT2D eigenvalue weighted by Crippen LogP contribution is -2.53. The van der Waals surface area contributed by atoms with Gasteiger partial charge in [0.25, 0.3) is 11.8 Å². The van der Waals surface area contributed by atoms with Crippen molar-refractivity contribution in [3.05, 3.63) is 111 Å². The zero-order valence-electron chi connectivity index (χ0n) is 22.6. The number of halogens is 1. The lowest BCUT2D eigenvalue weighted by molar-refractivity contribution is -0.126. The number of nitrogens with zero attached hydrogens (tertiary/aromatic N) is 2. The molecule has 1 atom stereocenters. The van der Waals surface area contributed by atoms with Crippen molar-refractivity contribution in [3.8, 4) is 0 Å². The van der Waals surface area contributed by atoms with Gasteiger partial charge in [-0.15, -0.1) is 0 Å². The smallest absolute Gasteiger partial charge is 0.291 e. The molecule has 204 valence electrons. The monoisotopic (exact) mass is 540 g/mol. The molecule has 40 heavy (non-hydrogen) atoms. The van der Waals surface area contributed by atoms with Crippen molar-refractivity contribution in [2.45, 2.75) is 45.4 Å². The Labute approximate surface area is 230 Å². The number of anilines is 1. The first-order valence-corrected chi connectivity index (χ1v) is 13.4. The highest BCUT2D eigenvalue weighted by Crippen LogP contribution is 2.52. The number of para-hydroxylation sites is 1. The van der Waals surface area contributed by atoms with Gasteiger partial charge in [0.15, 0.2) is 11.0 Å². The predicted octanol–water partition coefficient (Wildman–Crippen LogP) is 5.30. The van der Waals surface area contributed by atoms with E-state index in [0.717, 1.165) is 17.2 Å². The minimum Gasteiger partial charge on any atom is -0.450 e. The Morgan fingerprint density at radius 3 is 2.58 bits per heavy atom. The van der Waals surface area contributed by atoms with E-state index in [1.807, 2.05) is 57.2 Å². The molecule has 0 N–H and O–H groups in total. The zero-order chi connectivity index (χ0) is 28.2. The average molecular weight is 541 g/mol. The first-order valence-electron chi connectivity index (χ1n) is 13.4. The van der Waals surface area contributed by atoms with E-state index in [-0.39, 0.29) is 41.5 Å². The van der Waals surface area contributed by atoms with Gasteiger partial charge in [0, 0.05) is 18.7 Å². The van der Waals surface area contributed by atoms with Crippen LogP contribution >= 0.6 is 0 Å². The van der Waals surface area contributed by atoms with Crippen molar-refractivity contribution >= 4 is 28.5 Å². The molecule has 0 saturated carbocycles. The van der Waals surface area contributed by atoms with Crippen molar-refractivity contribution in [1.82, 2.24) is 4.90 Å². The molecule has 0 fully saturated rings. The molecule has 1 aromatic heterocycles. The Hall–Kier alpha value is -4.30. The van der Waals surface area contributed by atoms with Gasteiger partial charge in [-0.05, 0) is 57.0 Å². The van der Waals surface area contributed by atoms with Crippen LogP contribution in [-0.2, 0) is 21.6 Å². The molecule has 4 aromatic rings. The second-order valence-corrected chi connectivity index (χ2v) is 10.6. The normalized spacial score (nSPS) is 17.9. The molecule has 6 rings (SSSR count). The first kappa shape index (κ1) is 26.0. The second kappa shape index (κ2) is 9.71. The Balaban J connectivity index is 1.58. The Kier molecular flexibility index (Phi) is 6.30. The molecule has 8 heteroatoms. The van der Waals surface area contributed by atoms with E-state index in [0.29, 0.717) is 24.3 Å². The van der Waals surface area contributed by atoms with Crippen molar-refractivity contribution in [2.75, 3.05) is 18.1 Å². The fourth-order valence-corrected chi connectivity index (χ4v) is 5.95. The maximum absolute atomic E-state index is 14.7. The Bertz CT molecular complexity index is 1730. The lowest BCUT2D eigenvalue weighted by Gasteiger charge is -2.34. The molecule has 1 spiro atoms. The molecule has 0 saturated heterocycles. The van der Waals surface area contributed by atoms with Gasteiger partial charge in [-0.2, -0.15) is 0 Å². The maximum Gasteiger partial charge on any atom is 0.291 e. The number of aryl methyl sites for hydroxylation is 1. The van der Waals surface area contributed by atoms with Crippen LogP contribution in [0, 0.1) is 12.7 Å². The molecule has 2 aliphatic heterocycles. The Morgan fingerprint density at radius 1 is 1.00 bits per heavy atom. The topological polar surface area (TPSA) is 80.1 Å². The number of hydrogen-bond donors (Lipinski definition) is 0. The van der Waals surface area contributed by atoms with Crippen LogP contribution in [0.2, 0.25) is 0 Å².